The number of fused-ring (bicyclic) bond motifs is 1. The number of rotatable bonds is 4. The van der Waals surface area contributed by atoms with Crippen LogP contribution in [0.15, 0.2) is 23.0 Å². The normalized spacial score (nSPS) is 11.1. The molecule has 0 aliphatic heterocycles. The van der Waals surface area contributed by atoms with Crippen LogP contribution in [0.3, 0.4) is 0 Å². The lowest BCUT2D eigenvalue weighted by molar-refractivity contribution is 0.425. The van der Waals surface area contributed by atoms with Gasteiger partial charge < -0.3 is 16.0 Å². The number of benzene rings is 1. The summed E-state index contributed by atoms with van der Waals surface area (Å²) in [5.41, 5.74) is 6.66. The highest BCUT2D eigenvalue weighted by molar-refractivity contribution is 5.81. The van der Waals surface area contributed by atoms with Crippen molar-refractivity contribution in [2.24, 2.45) is 0 Å². The molecule has 4 N–H and O–H groups in total. The van der Waals surface area contributed by atoms with Gasteiger partial charge >= 0.3 is 0 Å². The molecule has 0 atom stereocenters. The molecule has 2 aromatic rings. The van der Waals surface area contributed by atoms with Gasteiger partial charge in [-0.2, -0.15) is 0 Å². The quantitative estimate of drug-likeness (QED) is 0.684. The van der Waals surface area contributed by atoms with Crippen LogP contribution in [0, 0.1) is 0 Å². The Morgan fingerprint density at radius 1 is 1.44 bits per heavy atom. The Morgan fingerprint density at radius 3 is 2.94 bits per heavy atom. The minimum absolute atomic E-state index is 0.181. The number of nitrogen functional groups attached to an aromatic ring is 1. The average Bonchev–Trinajstić information content (AvgIpc) is 2.30. The summed E-state index contributed by atoms with van der Waals surface area (Å²) in [5.74, 6) is 0.485. The molecule has 0 aliphatic rings. The third kappa shape index (κ3) is 2.78. The van der Waals surface area contributed by atoms with E-state index in [2.05, 4.69) is 15.3 Å². The predicted octanol–water partition coefficient (Wildman–Crippen LogP) is 0.479. The van der Waals surface area contributed by atoms with E-state index in [0.717, 1.165) is 13.1 Å². The molecule has 6 nitrogen and oxygen atoms in total. The molecule has 0 aliphatic carbocycles. The maximum Gasteiger partial charge on any atom is 0.260 e. The lowest BCUT2D eigenvalue weighted by atomic mass is 10.2. The van der Waals surface area contributed by atoms with Gasteiger partial charge in [0, 0.05) is 18.8 Å². The number of hydrogen-bond donors (Lipinski definition) is 3. The molecule has 1 aromatic carbocycles. The van der Waals surface area contributed by atoms with Crippen LogP contribution in [0.25, 0.3) is 10.9 Å². The van der Waals surface area contributed by atoms with Gasteiger partial charge in [-0.05, 0) is 32.3 Å². The maximum absolute atomic E-state index is 11.8. The number of likely N-dealkylation sites (N-methyl/N-ethyl adjacent to an activating group) is 1. The molecule has 0 saturated heterocycles. The van der Waals surface area contributed by atoms with Crippen LogP contribution < -0.4 is 16.6 Å². The molecule has 1 heterocycles. The van der Waals surface area contributed by atoms with E-state index in [-0.39, 0.29) is 5.56 Å². The first-order valence-electron chi connectivity index (χ1n) is 5.74. The Morgan fingerprint density at radius 2 is 2.22 bits per heavy atom. The topological polar surface area (TPSA) is 87.0 Å². The summed E-state index contributed by atoms with van der Waals surface area (Å²) in [5, 5.41) is 3.59. The third-order valence-corrected chi connectivity index (χ3v) is 2.58. The van der Waals surface area contributed by atoms with Crippen LogP contribution in [0.4, 0.5) is 11.6 Å². The van der Waals surface area contributed by atoms with Crippen LogP contribution in [0.1, 0.15) is 0 Å². The van der Waals surface area contributed by atoms with Gasteiger partial charge in [0.15, 0.2) is 0 Å². The molecule has 6 heteroatoms. The lowest BCUT2D eigenvalue weighted by Crippen LogP contribution is -2.22. The predicted molar refractivity (Wildman–Crippen MR) is 73.8 cm³/mol. The van der Waals surface area contributed by atoms with Gasteiger partial charge in [-0.25, -0.2) is 4.98 Å². The molecule has 0 spiro atoms. The smallest absolute Gasteiger partial charge is 0.260 e. The van der Waals surface area contributed by atoms with Crippen LogP contribution >= 0.6 is 0 Å². The zero-order valence-corrected chi connectivity index (χ0v) is 10.5. The van der Waals surface area contributed by atoms with Crippen molar-refractivity contribution in [2.75, 3.05) is 38.2 Å². The fourth-order valence-electron chi connectivity index (χ4n) is 1.64. The Hall–Kier alpha value is -2.08. The Labute approximate surface area is 105 Å². The molecule has 1 aromatic heterocycles. The first-order chi connectivity index (χ1) is 8.56. The molecule has 0 radical (unpaired) electrons. The zero-order chi connectivity index (χ0) is 13.1. The second kappa shape index (κ2) is 5.05. The highest BCUT2D eigenvalue weighted by Gasteiger charge is 2.03. The van der Waals surface area contributed by atoms with Crippen molar-refractivity contribution in [3.63, 3.8) is 0 Å². The standard InChI is InChI=1S/C12H17N5O/c1-17(2)6-5-14-12-15-10-4-3-8(13)7-9(10)11(18)16-12/h3-4,7H,5-6,13H2,1-2H3,(H2,14,15,16,18). The van der Waals surface area contributed by atoms with Crippen molar-refractivity contribution in [1.82, 2.24) is 14.9 Å². The Bertz CT molecular complexity index is 605. The van der Waals surface area contributed by atoms with Crippen LogP contribution in [0.2, 0.25) is 0 Å². The fraction of sp³-hybridized carbons (Fsp3) is 0.333. The van der Waals surface area contributed by atoms with Crippen LogP contribution in [-0.2, 0) is 0 Å². The van der Waals surface area contributed by atoms with Gasteiger partial charge in [-0.1, -0.05) is 0 Å². The van der Waals surface area contributed by atoms with Crippen molar-refractivity contribution in [2.45, 2.75) is 0 Å². The SMILES string of the molecule is CN(C)CCNc1nc2ccc(N)cc2c(=O)[nH]1. The molecule has 0 unspecified atom stereocenters. The first-order valence-corrected chi connectivity index (χ1v) is 5.74. The monoisotopic (exact) mass is 247 g/mol. The van der Waals surface area contributed by atoms with E-state index < -0.39 is 0 Å². The second-order valence-corrected chi connectivity index (χ2v) is 4.42. The number of nitrogens with two attached hydrogens (primary N) is 1. The Kier molecular flexibility index (Phi) is 3.47. The number of hydrogen-bond acceptors (Lipinski definition) is 5. The van der Waals surface area contributed by atoms with Crippen molar-refractivity contribution < 1.29 is 0 Å². The minimum Gasteiger partial charge on any atom is -0.399 e. The largest absolute Gasteiger partial charge is 0.399 e. The van der Waals surface area contributed by atoms with E-state index in [0.29, 0.717) is 22.5 Å². The average molecular weight is 247 g/mol. The van der Waals surface area contributed by atoms with Gasteiger partial charge in [0.05, 0.1) is 10.9 Å². The second-order valence-electron chi connectivity index (χ2n) is 4.42. The summed E-state index contributed by atoms with van der Waals surface area (Å²) in [6, 6.07) is 5.11. The zero-order valence-electron chi connectivity index (χ0n) is 10.5. The molecule has 0 saturated carbocycles. The van der Waals surface area contributed by atoms with Crippen LogP contribution in [0.5, 0.6) is 0 Å². The summed E-state index contributed by atoms with van der Waals surface area (Å²) >= 11 is 0. The summed E-state index contributed by atoms with van der Waals surface area (Å²) in [6.07, 6.45) is 0. The summed E-state index contributed by atoms with van der Waals surface area (Å²) in [6.45, 7) is 1.58. The first kappa shape index (κ1) is 12.4. The van der Waals surface area contributed by atoms with Gasteiger partial charge in [0.25, 0.3) is 5.56 Å². The number of nitrogens with zero attached hydrogens (tertiary/aromatic N) is 2. The van der Waals surface area contributed by atoms with Crippen molar-refractivity contribution in [3.05, 3.63) is 28.6 Å². The number of nitrogens with one attached hydrogen (secondary N) is 2. The number of H-pyrrole nitrogens is 1. The third-order valence-electron chi connectivity index (χ3n) is 2.58. The summed E-state index contributed by atoms with van der Waals surface area (Å²) in [4.78, 5) is 20.9. The molecular weight excluding hydrogens is 230 g/mol. The lowest BCUT2D eigenvalue weighted by Gasteiger charge is -2.10. The molecular formula is C12H17N5O. The maximum atomic E-state index is 11.8. The highest BCUT2D eigenvalue weighted by atomic mass is 16.1. The minimum atomic E-state index is -0.181. The van der Waals surface area contributed by atoms with E-state index in [9.17, 15) is 4.79 Å². The van der Waals surface area contributed by atoms with Gasteiger partial charge in [0.1, 0.15) is 0 Å². The van der Waals surface area contributed by atoms with Gasteiger partial charge in [-0.15, -0.1) is 0 Å². The van der Waals surface area contributed by atoms with E-state index in [1.807, 2.05) is 19.0 Å². The summed E-state index contributed by atoms with van der Waals surface area (Å²) < 4.78 is 0. The molecule has 18 heavy (non-hydrogen) atoms. The number of aromatic nitrogens is 2. The molecule has 0 bridgehead atoms. The molecule has 96 valence electrons. The van der Waals surface area contributed by atoms with E-state index >= 15 is 0 Å². The van der Waals surface area contributed by atoms with Gasteiger partial charge in [0.2, 0.25) is 5.95 Å². The van der Waals surface area contributed by atoms with E-state index in [1.165, 1.54) is 0 Å². The molecule has 2 rings (SSSR count). The van der Waals surface area contributed by atoms with Crippen LogP contribution in [-0.4, -0.2) is 42.1 Å². The highest BCUT2D eigenvalue weighted by Crippen LogP contribution is 2.12. The van der Waals surface area contributed by atoms with E-state index in [4.69, 9.17) is 5.73 Å². The number of anilines is 2. The van der Waals surface area contributed by atoms with Crippen molar-refractivity contribution in [3.8, 4) is 0 Å². The summed E-state index contributed by atoms with van der Waals surface area (Å²) in [7, 11) is 3.97. The van der Waals surface area contributed by atoms with Crippen molar-refractivity contribution in [1.29, 1.82) is 0 Å². The fourth-order valence-corrected chi connectivity index (χ4v) is 1.64. The molecule has 0 fully saturated rings. The van der Waals surface area contributed by atoms with Gasteiger partial charge in [-0.3, -0.25) is 9.78 Å². The molecule has 0 amide bonds. The Balaban J connectivity index is 2.26. The number of aromatic amines is 1. The van der Waals surface area contributed by atoms with Crippen molar-refractivity contribution >= 4 is 22.5 Å². The van der Waals surface area contributed by atoms with E-state index in [1.54, 1.807) is 18.2 Å².